The molecular formula is C14H26O2. The first-order valence-corrected chi connectivity index (χ1v) is 6.44. The summed E-state index contributed by atoms with van der Waals surface area (Å²) >= 11 is 0. The average Bonchev–Trinajstić information content (AvgIpc) is 2.24. The molecule has 1 fully saturated rings. The van der Waals surface area contributed by atoms with E-state index in [1.165, 1.54) is 6.42 Å². The monoisotopic (exact) mass is 226 g/mol. The molecule has 0 aromatic rings. The Hall–Kier alpha value is -0.340. The Kier molecular flexibility index (Phi) is 4.57. The average molecular weight is 226 g/mol. The number of aliphatic hydroxyl groups excluding tert-OH is 1. The van der Waals surface area contributed by atoms with Crippen LogP contribution in [0, 0.1) is 11.3 Å². The van der Waals surface area contributed by atoms with E-state index in [4.69, 9.17) is 5.11 Å². The Balaban J connectivity index is 2.88. The molecule has 0 bridgehead atoms. The van der Waals surface area contributed by atoms with Gasteiger partial charge in [0.15, 0.2) is 0 Å². The van der Waals surface area contributed by atoms with Gasteiger partial charge >= 0.3 is 0 Å². The molecule has 2 heteroatoms. The normalized spacial score (nSPS) is 39.6. The van der Waals surface area contributed by atoms with Crippen LogP contribution in [0.1, 0.15) is 52.4 Å². The van der Waals surface area contributed by atoms with Crippen LogP contribution >= 0.6 is 0 Å². The van der Waals surface area contributed by atoms with Gasteiger partial charge in [0.05, 0.1) is 5.60 Å². The van der Waals surface area contributed by atoms with Gasteiger partial charge in [0.2, 0.25) is 0 Å². The summed E-state index contributed by atoms with van der Waals surface area (Å²) in [5.41, 5.74) is -0.705. The summed E-state index contributed by atoms with van der Waals surface area (Å²) in [6.07, 6.45) is 7.32. The van der Waals surface area contributed by atoms with Crippen molar-refractivity contribution in [3.8, 4) is 0 Å². The van der Waals surface area contributed by atoms with Gasteiger partial charge in [0.1, 0.15) is 0 Å². The molecule has 0 saturated heterocycles. The first-order chi connectivity index (χ1) is 7.50. The van der Waals surface area contributed by atoms with Crippen LogP contribution in [0.2, 0.25) is 0 Å². The molecule has 1 saturated carbocycles. The Labute approximate surface area is 99.4 Å². The maximum absolute atomic E-state index is 10.9. The van der Waals surface area contributed by atoms with Crippen molar-refractivity contribution in [1.82, 2.24) is 0 Å². The van der Waals surface area contributed by atoms with Crippen LogP contribution in [-0.2, 0) is 0 Å². The van der Waals surface area contributed by atoms with E-state index in [1.807, 2.05) is 6.08 Å². The SMILES string of the molecule is C=CC[C@]1(C)[C@@H](C)CCC[C@]1(O)CCCO. The molecule has 2 nitrogen and oxygen atoms in total. The number of aliphatic hydroxyl groups is 2. The van der Waals surface area contributed by atoms with Crippen LogP contribution in [0.25, 0.3) is 0 Å². The molecule has 0 aromatic carbocycles. The van der Waals surface area contributed by atoms with E-state index in [1.54, 1.807) is 0 Å². The van der Waals surface area contributed by atoms with Crippen LogP contribution in [0.3, 0.4) is 0 Å². The molecule has 1 aliphatic rings. The van der Waals surface area contributed by atoms with Gasteiger partial charge in [-0.15, -0.1) is 6.58 Å². The summed E-state index contributed by atoms with van der Waals surface area (Å²) in [4.78, 5) is 0. The number of hydrogen-bond acceptors (Lipinski definition) is 2. The van der Waals surface area contributed by atoms with Crippen molar-refractivity contribution in [3.63, 3.8) is 0 Å². The molecule has 0 unspecified atom stereocenters. The minimum Gasteiger partial charge on any atom is -0.396 e. The topological polar surface area (TPSA) is 40.5 Å². The van der Waals surface area contributed by atoms with E-state index in [-0.39, 0.29) is 12.0 Å². The van der Waals surface area contributed by atoms with Crippen LogP contribution in [0.5, 0.6) is 0 Å². The summed E-state index contributed by atoms with van der Waals surface area (Å²) in [5.74, 6) is 0.517. The van der Waals surface area contributed by atoms with Gasteiger partial charge in [0.25, 0.3) is 0 Å². The smallest absolute Gasteiger partial charge is 0.0707 e. The fraction of sp³-hybridized carbons (Fsp3) is 0.857. The third-order valence-corrected chi connectivity index (χ3v) is 4.70. The lowest BCUT2D eigenvalue weighted by molar-refractivity contribution is -0.138. The lowest BCUT2D eigenvalue weighted by atomic mass is 9.56. The minimum absolute atomic E-state index is 0.0812. The first kappa shape index (κ1) is 13.7. The zero-order valence-electron chi connectivity index (χ0n) is 10.7. The zero-order chi connectivity index (χ0) is 12.2. The highest BCUT2D eigenvalue weighted by molar-refractivity contribution is 5.04. The van der Waals surface area contributed by atoms with Crippen molar-refractivity contribution in [2.45, 2.75) is 58.0 Å². The Morgan fingerprint density at radius 1 is 1.50 bits per heavy atom. The maximum atomic E-state index is 10.9. The number of allylic oxidation sites excluding steroid dienone is 1. The van der Waals surface area contributed by atoms with E-state index in [9.17, 15) is 5.11 Å². The van der Waals surface area contributed by atoms with Crippen molar-refractivity contribution in [3.05, 3.63) is 12.7 Å². The van der Waals surface area contributed by atoms with Crippen molar-refractivity contribution in [1.29, 1.82) is 0 Å². The maximum Gasteiger partial charge on any atom is 0.0707 e. The van der Waals surface area contributed by atoms with Crippen LogP contribution < -0.4 is 0 Å². The van der Waals surface area contributed by atoms with Gasteiger partial charge in [-0.3, -0.25) is 0 Å². The van der Waals surface area contributed by atoms with E-state index >= 15 is 0 Å². The van der Waals surface area contributed by atoms with Gasteiger partial charge in [-0.2, -0.15) is 0 Å². The van der Waals surface area contributed by atoms with Crippen molar-refractivity contribution < 1.29 is 10.2 Å². The molecule has 0 aromatic heterocycles. The van der Waals surface area contributed by atoms with Gasteiger partial charge in [-0.1, -0.05) is 26.3 Å². The predicted octanol–water partition coefficient (Wildman–Crippen LogP) is 2.89. The Morgan fingerprint density at radius 3 is 2.75 bits per heavy atom. The molecular weight excluding hydrogens is 200 g/mol. The van der Waals surface area contributed by atoms with Crippen LogP contribution in [-0.4, -0.2) is 22.4 Å². The first-order valence-electron chi connectivity index (χ1n) is 6.44. The number of hydrogen-bond donors (Lipinski definition) is 2. The van der Waals surface area contributed by atoms with Crippen LogP contribution in [0.15, 0.2) is 12.7 Å². The highest BCUT2D eigenvalue weighted by atomic mass is 16.3. The quantitative estimate of drug-likeness (QED) is 0.708. The molecule has 0 aliphatic heterocycles. The third-order valence-electron chi connectivity index (χ3n) is 4.70. The molecule has 94 valence electrons. The second-order valence-corrected chi connectivity index (χ2v) is 5.56. The van der Waals surface area contributed by atoms with Crippen molar-refractivity contribution >= 4 is 0 Å². The van der Waals surface area contributed by atoms with Crippen LogP contribution in [0.4, 0.5) is 0 Å². The molecule has 0 radical (unpaired) electrons. The molecule has 0 spiro atoms. The summed E-state index contributed by atoms with van der Waals surface area (Å²) in [7, 11) is 0. The number of rotatable bonds is 5. The summed E-state index contributed by atoms with van der Waals surface area (Å²) in [5, 5.41) is 19.8. The fourth-order valence-corrected chi connectivity index (χ4v) is 3.24. The second kappa shape index (κ2) is 5.33. The molecule has 2 N–H and O–H groups in total. The Morgan fingerprint density at radius 2 is 2.19 bits per heavy atom. The molecule has 16 heavy (non-hydrogen) atoms. The van der Waals surface area contributed by atoms with Gasteiger partial charge in [0, 0.05) is 12.0 Å². The molecule has 1 aliphatic carbocycles. The van der Waals surface area contributed by atoms with E-state index in [0.717, 1.165) is 19.3 Å². The highest BCUT2D eigenvalue weighted by Gasteiger charge is 2.50. The minimum atomic E-state index is -0.623. The van der Waals surface area contributed by atoms with Gasteiger partial charge in [-0.25, -0.2) is 0 Å². The largest absolute Gasteiger partial charge is 0.396 e. The molecule has 3 atom stereocenters. The lowest BCUT2D eigenvalue weighted by Crippen LogP contribution is -2.52. The summed E-state index contributed by atoms with van der Waals surface area (Å²) in [6.45, 7) is 8.39. The predicted molar refractivity (Wildman–Crippen MR) is 67.2 cm³/mol. The zero-order valence-corrected chi connectivity index (χ0v) is 10.7. The fourth-order valence-electron chi connectivity index (χ4n) is 3.24. The summed E-state index contributed by atoms with van der Waals surface area (Å²) < 4.78 is 0. The molecule has 0 amide bonds. The molecule has 0 heterocycles. The van der Waals surface area contributed by atoms with E-state index < -0.39 is 5.60 Å². The standard InChI is InChI=1S/C14H26O2/c1-4-8-13(3)12(2)7-5-9-14(13,16)10-6-11-15/h4,12,15-16H,1,5-11H2,2-3H3/t12-,13+,14-/m0/s1. The second-order valence-electron chi connectivity index (χ2n) is 5.56. The molecule has 1 rings (SSSR count). The lowest BCUT2D eigenvalue weighted by Gasteiger charge is -2.52. The van der Waals surface area contributed by atoms with Crippen molar-refractivity contribution in [2.75, 3.05) is 6.61 Å². The Bertz CT molecular complexity index is 239. The summed E-state index contributed by atoms with van der Waals surface area (Å²) in [6, 6.07) is 0. The van der Waals surface area contributed by atoms with Gasteiger partial charge in [-0.05, 0) is 38.0 Å². The van der Waals surface area contributed by atoms with Crippen molar-refractivity contribution in [2.24, 2.45) is 11.3 Å². The van der Waals surface area contributed by atoms with E-state index in [2.05, 4.69) is 20.4 Å². The third kappa shape index (κ3) is 2.33. The van der Waals surface area contributed by atoms with Gasteiger partial charge < -0.3 is 10.2 Å². The highest BCUT2D eigenvalue weighted by Crippen LogP contribution is 2.52. The van der Waals surface area contributed by atoms with E-state index in [0.29, 0.717) is 18.8 Å².